The highest BCUT2D eigenvalue weighted by atomic mass is 16.5. The van der Waals surface area contributed by atoms with E-state index < -0.39 is 0 Å². The number of carbonyl (C=O) groups is 1. The average Bonchev–Trinajstić information content (AvgIpc) is 3.43. The molecule has 5 aromatic rings. The van der Waals surface area contributed by atoms with Gasteiger partial charge < -0.3 is 10.1 Å². The summed E-state index contributed by atoms with van der Waals surface area (Å²) >= 11 is 0. The fourth-order valence-corrected chi connectivity index (χ4v) is 5.33. The first-order valence-electron chi connectivity index (χ1n) is 14.8. The van der Waals surface area contributed by atoms with E-state index in [0.717, 1.165) is 77.4 Å². The molecule has 1 saturated heterocycles. The zero-order valence-electron chi connectivity index (χ0n) is 25.2. The Morgan fingerprint density at radius 1 is 0.930 bits per heavy atom. The second kappa shape index (κ2) is 12.0. The van der Waals surface area contributed by atoms with Crippen LogP contribution in [0.1, 0.15) is 37.7 Å². The van der Waals surface area contributed by atoms with E-state index >= 15 is 0 Å². The van der Waals surface area contributed by atoms with Crippen LogP contribution in [0.3, 0.4) is 0 Å². The number of aryl methyl sites for hydroxylation is 1. The highest BCUT2D eigenvalue weighted by Gasteiger charge is 2.22. The maximum absolute atomic E-state index is 13.6. The van der Waals surface area contributed by atoms with Crippen molar-refractivity contribution in [2.24, 2.45) is 0 Å². The lowest BCUT2D eigenvalue weighted by Crippen LogP contribution is -2.35. The molecule has 0 bridgehead atoms. The summed E-state index contributed by atoms with van der Waals surface area (Å²) in [4.78, 5) is 20.7. The standard InChI is InChI=1S/C35H38N6O2/c1-24-9-14-28(15-10-24)41-32(21-31(39-41)35(2,3)4)38-34(42)37-30-16-12-25-7-5-6-8-29(25)33(30)26-11-13-27(36-22-26)23-40-17-19-43-20-18-40/h5-16,21-22H,17-20,23H2,1-4H3,(H2,37,38,42). The Hall–Kier alpha value is -4.53. The SMILES string of the molecule is Cc1ccc(-n2nc(C(C)(C)C)cc2NC(=O)Nc2ccc3ccccc3c2-c2ccc(CN3CCOCC3)nc2)cc1. The molecule has 8 heteroatoms. The van der Waals surface area contributed by atoms with Crippen LogP contribution in [-0.4, -0.2) is 52.0 Å². The van der Waals surface area contributed by atoms with Crippen LogP contribution >= 0.6 is 0 Å². The van der Waals surface area contributed by atoms with Gasteiger partial charge in [-0.1, -0.05) is 74.9 Å². The number of benzene rings is 3. The molecule has 2 amide bonds. The van der Waals surface area contributed by atoms with Crippen molar-refractivity contribution >= 4 is 28.3 Å². The topological polar surface area (TPSA) is 84.3 Å². The summed E-state index contributed by atoms with van der Waals surface area (Å²) < 4.78 is 7.27. The molecule has 0 radical (unpaired) electrons. The summed E-state index contributed by atoms with van der Waals surface area (Å²) in [5, 5.41) is 13.2. The number of carbonyl (C=O) groups excluding carboxylic acids is 1. The molecule has 0 atom stereocenters. The van der Waals surface area contributed by atoms with Gasteiger partial charge in [-0.2, -0.15) is 5.10 Å². The Morgan fingerprint density at radius 3 is 2.42 bits per heavy atom. The molecule has 2 N–H and O–H groups in total. The van der Waals surface area contributed by atoms with Gasteiger partial charge in [0.1, 0.15) is 5.82 Å². The Balaban J connectivity index is 1.30. The van der Waals surface area contributed by atoms with Gasteiger partial charge in [0.05, 0.1) is 36.0 Å². The summed E-state index contributed by atoms with van der Waals surface area (Å²) in [5.41, 5.74) is 6.33. The van der Waals surface area contributed by atoms with Crippen molar-refractivity contribution in [2.45, 2.75) is 39.7 Å². The van der Waals surface area contributed by atoms with Crippen molar-refractivity contribution < 1.29 is 9.53 Å². The van der Waals surface area contributed by atoms with Crippen LogP contribution in [0.15, 0.2) is 85.1 Å². The molecule has 43 heavy (non-hydrogen) atoms. The number of nitrogens with zero attached hydrogens (tertiary/aromatic N) is 4. The first kappa shape index (κ1) is 28.6. The molecule has 0 saturated carbocycles. The van der Waals surface area contributed by atoms with Crippen molar-refractivity contribution in [1.29, 1.82) is 0 Å². The third-order valence-corrected chi connectivity index (χ3v) is 7.78. The number of fused-ring (bicyclic) bond motifs is 1. The summed E-state index contributed by atoms with van der Waals surface area (Å²) in [7, 11) is 0. The zero-order valence-corrected chi connectivity index (χ0v) is 25.2. The van der Waals surface area contributed by atoms with E-state index in [1.165, 1.54) is 0 Å². The van der Waals surface area contributed by atoms with Gasteiger partial charge >= 0.3 is 6.03 Å². The van der Waals surface area contributed by atoms with Gasteiger partial charge in [0.25, 0.3) is 0 Å². The minimum Gasteiger partial charge on any atom is -0.379 e. The second-order valence-corrected chi connectivity index (χ2v) is 12.1. The minimum atomic E-state index is -0.345. The predicted octanol–water partition coefficient (Wildman–Crippen LogP) is 7.17. The van der Waals surface area contributed by atoms with Gasteiger partial charge in [-0.25, -0.2) is 9.48 Å². The summed E-state index contributed by atoms with van der Waals surface area (Å²) in [6.07, 6.45) is 1.91. The molecule has 3 aromatic carbocycles. The maximum Gasteiger partial charge on any atom is 0.324 e. The molecule has 0 spiro atoms. The zero-order chi connectivity index (χ0) is 30.0. The average molecular weight is 575 g/mol. The van der Waals surface area contributed by atoms with Crippen LogP contribution < -0.4 is 10.6 Å². The molecule has 6 rings (SSSR count). The number of pyridine rings is 1. The van der Waals surface area contributed by atoms with Gasteiger partial charge in [-0.3, -0.25) is 15.2 Å². The van der Waals surface area contributed by atoms with Gasteiger partial charge in [0.2, 0.25) is 0 Å². The Morgan fingerprint density at radius 2 is 1.70 bits per heavy atom. The molecular formula is C35H38N6O2. The van der Waals surface area contributed by atoms with Crippen molar-refractivity contribution in [3.8, 4) is 16.8 Å². The van der Waals surface area contributed by atoms with Gasteiger partial charge in [-0.05, 0) is 42.0 Å². The van der Waals surface area contributed by atoms with E-state index in [9.17, 15) is 4.79 Å². The largest absolute Gasteiger partial charge is 0.379 e. The predicted molar refractivity (Wildman–Crippen MR) is 173 cm³/mol. The first-order chi connectivity index (χ1) is 20.7. The fraction of sp³-hybridized carbons (Fsp3) is 0.286. The molecule has 1 aliphatic heterocycles. The summed E-state index contributed by atoms with van der Waals surface area (Å²) in [6.45, 7) is 12.5. The van der Waals surface area contributed by atoms with E-state index in [-0.39, 0.29) is 11.4 Å². The van der Waals surface area contributed by atoms with Crippen molar-refractivity contribution in [3.63, 3.8) is 0 Å². The first-order valence-corrected chi connectivity index (χ1v) is 14.8. The van der Waals surface area contributed by atoms with Crippen LogP contribution in [0.4, 0.5) is 16.3 Å². The van der Waals surface area contributed by atoms with E-state index in [4.69, 9.17) is 14.8 Å². The number of ether oxygens (including phenoxy) is 1. The molecule has 0 aliphatic carbocycles. The number of rotatable bonds is 6. The second-order valence-electron chi connectivity index (χ2n) is 12.1. The molecule has 0 unspecified atom stereocenters. The third kappa shape index (κ3) is 6.45. The van der Waals surface area contributed by atoms with Crippen LogP contribution in [-0.2, 0) is 16.7 Å². The van der Waals surface area contributed by atoms with Crippen molar-refractivity contribution in [1.82, 2.24) is 19.7 Å². The molecule has 1 fully saturated rings. The number of hydrogen-bond donors (Lipinski definition) is 2. The lowest BCUT2D eigenvalue weighted by Gasteiger charge is -2.26. The Kier molecular flexibility index (Phi) is 7.97. The molecule has 8 nitrogen and oxygen atoms in total. The van der Waals surface area contributed by atoms with Crippen LogP contribution in [0, 0.1) is 6.92 Å². The number of hydrogen-bond acceptors (Lipinski definition) is 5. The molecular weight excluding hydrogens is 536 g/mol. The monoisotopic (exact) mass is 574 g/mol. The molecule has 1 aliphatic rings. The summed E-state index contributed by atoms with van der Waals surface area (Å²) in [6, 6.07) is 26.1. The Bertz CT molecular complexity index is 1730. The minimum absolute atomic E-state index is 0.185. The molecule has 220 valence electrons. The van der Waals surface area contributed by atoms with Crippen LogP contribution in [0.2, 0.25) is 0 Å². The number of aromatic nitrogens is 3. The third-order valence-electron chi connectivity index (χ3n) is 7.78. The van der Waals surface area contributed by atoms with Crippen LogP contribution in [0.5, 0.6) is 0 Å². The molecule has 2 aromatic heterocycles. The van der Waals surface area contributed by atoms with Crippen LogP contribution in [0.25, 0.3) is 27.6 Å². The number of nitrogens with one attached hydrogen (secondary N) is 2. The Labute approximate surface area is 252 Å². The number of amides is 2. The lowest BCUT2D eigenvalue weighted by atomic mass is 9.92. The smallest absolute Gasteiger partial charge is 0.324 e. The number of urea groups is 1. The highest BCUT2D eigenvalue weighted by Crippen LogP contribution is 2.36. The van der Waals surface area contributed by atoms with Crippen molar-refractivity contribution in [3.05, 3.63) is 102 Å². The number of anilines is 2. The highest BCUT2D eigenvalue weighted by molar-refractivity contribution is 6.08. The van der Waals surface area contributed by atoms with E-state index in [1.54, 1.807) is 4.68 Å². The van der Waals surface area contributed by atoms with Gasteiger partial charge in [0.15, 0.2) is 0 Å². The van der Waals surface area contributed by atoms with Crippen molar-refractivity contribution in [2.75, 3.05) is 36.9 Å². The van der Waals surface area contributed by atoms with E-state index in [2.05, 4.69) is 67.5 Å². The van der Waals surface area contributed by atoms with E-state index in [1.807, 2.05) is 60.8 Å². The lowest BCUT2D eigenvalue weighted by molar-refractivity contribution is 0.0336. The molecule has 3 heterocycles. The number of morpholine rings is 1. The quantitative estimate of drug-likeness (QED) is 0.225. The van der Waals surface area contributed by atoms with Gasteiger partial charge in [0, 0.05) is 48.4 Å². The summed E-state index contributed by atoms with van der Waals surface area (Å²) in [5.74, 6) is 0.600. The maximum atomic E-state index is 13.6. The van der Waals surface area contributed by atoms with Gasteiger partial charge in [-0.15, -0.1) is 0 Å². The van der Waals surface area contributed by atoms with E-state index in [0.29, 0.717) is 11.5 Å². The normalized spacial score (nSPS) is 14.1. The fourth-order valence-electron chi connectivity index (χ4n) is 5.33.